The molecule has 0 radical (unpaired) electrons. The molecule has 0 spiro atoms. The van der Waals surface area contributed by atoms with Gasteiger partial charge in [0.1, 0.15) is 5.82 Å². The van der Waals surface area contributed by atoms with E-state index in [-0.39, 0.29) is 0 Å². The summed E-state index contributed by atoms with van der Waals surface area (Å²) < 4.78 is 0. The number of nitrogen functional groups attached to an aromatic ring is 1. The van der Waals surface area contributed by atoms with E-state index < -0.39 is 0 Å². The van der Waals surface area contributed by atoms with Gasteiger partial charge in [-0.2, -0.15) is 4.98 Å². The molecule has 0 saturated heterocycles. The van der Waals surface area contributed by atoms with Gasteiger partial charge >= 0.3 is 0 Å². The predicted molar refractivity (Wildman–Crippen MR) is 87.6 cm³/mol. The van der Waals surface area contributed by atoms with E-state index in [2.05, 4.69) is 46.4 Å². The molecular formula is C15H28N6. The number of rotatable bonds is 6. The van der Waals surface area contributed by atoms with Crippen molar-refractivity contribution in [1.82, 2.24) is 20.2 Å². The second-order valence-corrected chi connectivity index (χ2v) is 5.74. The number of nitrogens with zero attached hydrogens (tertiary/aromatic N) is 3. The zero-order valence-electron chi connectivity index (χ0n) is 13.4. The number of nitrogens with one attached hydrogen (secondary N) is 2. The van der Waals surface area contributed by atoms with Gasteiger partial charge in [0.15, 0.2) is 0 Å². The summed E-state index contributed by atoms with van der Waals surface area (Å²) in [5, 5.41) is 6.86. The average Bonchev–Trinajstić information content (AvgIpc) is 2.71. The van der Waals surface area contributed by atoms with Gasteiger partial charge in [0, 0.05) is 31.1 Å². The first-order valence-electron chi connectivity index (χ1n) is 7.92. The Labute approximate surface area is 127 Å². The van der Waals surface area contributed by atoms with E-state index in [0.29, 0.717) is 12.0 Å². The Bertz CT molecular complexity index is 462. The minimum Gasteiger partial charge on any atom is -0.370 e. The third kappa shape index (κ3) is 4.28. The summed E-state index contributed by atoms with van der Waals surface area (Å²) in [4.78, 5) is 11.1. The largest absolute Gasteiger partial charge is 0.370 e. The van der Waals surface area contributed by atoms with Gasteiger partial charge < -0.3 is 21.3 Å². The van der Waals surface area contributed by atoms with Crippen LogP contribution in [0.3, 0.4) is 0 Å². The molecule has 0 fully saturated rings. The topological polar surface area (TPSA) is 79.1 Å². The van der Waals surface area contributed by atoms with Gasteiger partial charge in [-0.1, -0.05) is 6.92 Å². The van der Waals surface area contributed by atoms with Crippen LogP contribution in [0.2, 0.25) is 0 Å². The highest BCUT2D eigenvalue weighted by atomic mass is 15.1. The SMILES string of the molecule is CCN(C)[C@H](C)CCNc1nc(N)nc2c1CCNCC2. The lowest BCUT2D eigenvalue weighted by atomic mass is 10.1. The normalized spacial score (nSPS) is 16.4. The summed E-state index contributed by atoms with van der Waals surface area (Å²) in [6.07, 6.45) is 2.97. The third-order valence-electron chi connectivity index (χ3n) is 4.31. The number of nitrogens with two attached hydrogens (primary N) is 1. The van der Waals surface area contributed by atoms with Crippen molar-refractivity contribution in [1.29, 1.82) is 0 Å². The van der Waals surface area contributed by atoms with Crippen LogP contribution in [0, 0.1) is 0 Å². The molecule has 6 heteroatoms. The lowest BCUT2D eigenvalue weighted by Gasteiger charge is -2.23. The van der Waals surface area contributed by atoms with E-state index >= 15 is 0 Å². The molecule has 1 aliphatic rings. The van der Waals surface area contributed by atoms with E-state index in [1.54, 1.807) is 0 Å². The Morgan fingerprint density at radius 3 is 2.86 bits per heavy atom. The molecule has 1 atom stereocenters. The van der Waals surface area contributed by atoms with Crippen LogP contribution in [0.15, 0.2) is 0 Å². The smallest absolute Gasteiger partial charge is 0.222 e. The molecule has 0 amide bonds. The molecule has 0 aromatic carbocycles. The summed E-state index contributed by atoms with van der Waals surface area (Å²) in [6, 6.07) is 0.557. The molecule has 118 valence electrons. The molecular weight excluding hydrogens is 264 g/mol. The summed E-state index contributed by atoms with van der Waals surface area (Å²) in [5.74, 6) is 1.30. The van der Waals surface area contributed by atoms with Gasteiger partial charge in [0.2, 0.25) is 5.95 Å². The monoisotopic (exact) mass is 292 g/mol. The summed E-state index contributed by atoms with van der Waals surface area (Å²) in [5.41, 5.74) is 8.16. The molecule has 0 aliphatic carbocycles. The molecule has 21 heavy (non-hydrogen) atoms. The minimum atomic E-state index is 0.372. The maximum atomic E-state index is 5.84. The number of fused-ring (bicyclic) bond motifs is 1. The zero-order valence-corrected chi connectivity index (χ0v) is 13.4. The van der Waals surface area contributed by atoms with Gasteiger partial charge in [-0.15, -0.1) is 0 Å². The van der Waals surface area contributed by atoms with Crippen LogP contribution in [0.1, 0.15) is 31.5 Å². The molecule has 1 aromatic heterocycles. The van der Waals surface area contributed by atoms with Crippen molar-refractivity contribution in [2.45, 2.75) is 39.2 Å². The number of hydrogen-bond donors (Lipinski definition) is 3. The van der Waals surface area contributed by atoms with Crippen molar-refractivity contribution in [3.8, 4) is 0 Å². The Morgan fingerprint density at radius 1 is 1.33 bits per heavy atom. The van der Waals surface area contributed by atoms with E-state index in [0.717, 1.165) is 57.0 Å². The fourth-order valence-corrected chi connectivity index (χ4v) is 2.64. The van der Waals surface area contributed by atoms with Crippen LogP contribution in [0.5, 0.6) is 0 Å². The van der Waals surface area contributed by atoms with E-state index in [1.165, 1.54) is 5.56 Å². The molecule has 2 rings (SSSR count). The maximum Gasteiger partial charge on any atom is 0.222 e. The first-order chi connectivity index (χ1) is 10.1. The molecule has 1 aliphatic heterocycles. The quantitative estimate of drug-likeness (QED) is 0.723. The van der Waals surface area contributed by atoms with Crippen molar-refractivity contribution in [3.05, 3.63) is 11.3 Å². The lowest BCUT2D eigenvalue weighted by Crippen LogP contribution is -2.30. The fraction of sp³-hybridized carbons (Fsp3) is 0.733. The van der Waals surface area contributed by atoms with Crippen LogP contribution in [-0.2, 0) is 12.8 Å². The highest BCUT2D eigenvalue weighted by Gasteiger charge is 2.16. The minimum absolute atomic E-state index is 0.372. The first-order valence-corrected chi connectivity index (χ1v) is 7.92. The third-order valence-corrected chi connectivity index (χ3v) is 4.31. The van der Waals surface area contributed by atoms with Gasteiger partial charge in [-0.25, -0.2) is 4.98 Å². The molecule has 0 saturated carbocycles. The van der Waals surface area contributed by atoms with E-state index in [9.17, 15) is 0 Å². The first kappa shape index (κ1) is 16.0. The van der Waals surface area contributed by atoms with Crippen LogP contribution in [-0.4, -0.2) is 54.1 Å². The molecule has 0 bridgehead atoms. The Kier molecular flexibility index (Phi) is 5.76. The summed E-state index contributed by atoms with van der Waals surface area (Å²) >= 11 is 0. The predicted octanol–water partition coefficient (Wildman–Crippen LogP) is 0.889. The summed E-state index contributed by atoms with van der Waals surface area (Å²) in [7, 11) is 2.16. The summed E-state index contributed by atoms with van der Waals surface area (Å²) in [6.45, 7) is 8.35. The average molecular weight is 292 g/mol. The van der Waals surface area contributed by atoms with E-state index in [4.69, 9.17) is 5.73 Å². The molecule has 4 N–H and O–H groups in total. The molecule has 0 unspecified atom stereocenters. The number of anilines is 2. The Hall–Kier alpha value is -1.40. The van der Waals surface area contributed by atoms with Crippen LogP contribution >= 0.6 is 0 Å². The Balaban J connectivity index is 2.01. The van der Waals surface area contributed by atoms with Crippen molar-refractivity contribution in [3.63, 3.8) is 0 Å². The van der Waals surface area contributed by atoms with Gasteiger partial charge in [-0.05, 0) is 39.9 Å². The maximum absolute atomic E-state index is 5.84. The van der Waals surface area contributed by atoms with Crippen molar-refractivity contribution in [2.75, 3.05) is 44.3 Å². The highest BCUT2D eigenvalue weighted by Crippen LogP contribution is 2.20. The number of aromatic nitrogens is 2. The molecule has 1 aromatic rings. The fourth-order valence-electron chi connectivity index (χ4n) is 2.64. The lowest BCUT2D eigenvalue weighted by molar-refractivity contribution is 0.263. The van der Waals surface area contributed by atoms with Gasteiger partial charge in [-0.3, -0.25) is 0 Å². The second kappa shape index (κ2) is 7.56. The van der Waals surface area contributed by atoms with Crippen LogP contribution in [0.25, 0.3) is 0 Å². The van der Waals surface area contributed by atoms with Crippen LogP contribution < -0.4 is 16.4 Å². The second-order valence-electron chi connectivity index (χ2n) is 5.74. The zero-order chi connectivity index (χ0) is 15.2. The van der Waals surface area contributed by atoms with Gasteiger partial charge in [0.05, 0.1) is 5.69 Å². The highest BCUT2D eigenvalue weighted by molar-refractivity contribution is 5.50. The molecule has 6 nitrogen and oxygen atoms in total. The van der Waals surface area contributed by atoms with Crippen molar-refractivity contribution < 1.29 is 0 Å². The van der Waals surface area contributed by atoms with Crippen molar-refractivity contribution in [2.24, 2.45) is 0 Å². The van der Waals surface area contributed by atoms with Gasteiger partial charge in [0.25, 0.3) is 0 Å². The Morgan fingerprint density at radius 2 is 2.10 bits per heavy atom. The standard InChI is InChI=1S/C15H28N6/c1-4-21(3)11(2)5-10-18-14-12-6-8-17-9-7-13(12)19-15(16)20-14/h11,17H,4-10H2,1-3H3,(H3,16,18,19,20)/t11-/m1/s1. The molecule has 2 heterocycles. The van der Waals surface area contributed by atoms with Crippen LogP contribution in [0.4, 0.5) is 11.8 Å². The van der Waals surface area contributed by atoms with Crippen molar-refractivity contribution >= 4 is 11.8 Å². The number of hydrogen-bond acceptors (Lipinski definition) is 6. The van der Waals surface area contributed by atoms with E-state index in [1.807, 2.05) is 0 Å².